The molecule has 0 aliphatic carbocycles. The van der Waals surface area contributed by atoms with Gasteiger partial charge in [0.25, 0.3) is 0 Å². The maximum absolute atomic E-state index is 11.7. The van der Waals surface area contributed by atoms with Crippen molar-refractivity contribution in [3.8, 4) is 11.8 Å². The van der Waals surface area contributed by atoms with E-state index in [2.05, 4.69) is 0 Å². The van der Waals surface area contributed by atoms with Crippen molar-refractivity contribution in [2.24, 2.45) is 0 Å². The lowest BCUT2D eigenvalue weighted by molar-refractivity contribution is 0.368. The van der Waals surface area contributed by atoms with Crippen LogP contribution in [-0.4, -0.2) is 33.4 Å². The van der Waals surface area contributed by atoms with E-state index < -0.39 is 10.0 Å². The number of nitriles is 1. The van der Waals surface area contributed by atoms with E-state index in [0.29, 0.717) is 5.75 Å². The van der Waals surface area contributed by atoms with E-state index in [1.165, 1.54) is 38.4 Å². The molecule has 6 heteroatoms. The molecular formula is C10H12N2O3S. The summed E-state index contributed by atoms with van der Waals surface area (Å²) < 4.78 is 29.5. The zero-order valence-corrected chi connectivity index (χ0v) is 9.86. The lowest BCUT2D eigenvalue weighted by atomic mass is 10.3. The molecule has 0 aliphatic rings. The summed E-state index contributed by atoms with van der Waals surface area (Å²) in [6, 6.07) is 7.77. The van der Waals surface area contributed by atoms with Crippen LogP contribution in [-0.2, 0) is 10.0 Å². The standard InChI is InChI=1S/C10H12N2O3S/c1-12(2)16(13,14)10-5-3-9(4-6-10)15-8-7-11/h3-6H,8H2,1-2H3. The van der Waals surface area contributed by atoms with Gasteiger partial charge in [0.2, 0.25) is 10.0 Å². The number of nitrogens with zero attached hydrogens (tertiary/aromatic N) is 2. The number of benzene rings is 1. The van der Waals surface area contributed by atoms with Gasteiger partial charge in [-0.3, -0.25) is 0 Å². The van der Waals surface area contributed by atoms with Gasteiger partial charge >= 0.3 is 0 Å². The van der Waals surface area contributed by atoms with Crippen molar-refractivity contribution in [1.29, 1.82) is 5.26 Å². The summed E-state index contributed by atoms with van der Waals surface area (Å²) >= 11 is 0. The van der Waals surface area contributed by atoms with E-state index in [4.69, 9.17) is 10.00 Å². The van der Waals surface area contributed by atoms with E-state index >= 15 is 0 Å². The lowest BCUT2D eigenvalue weighted by Crippen LogP contribution is -2.22. The molecule has 0 fully saturated rings. The van der Waals surface area contributed by atoms with Crippen molar-refractivity contribution in [1.82, 2.24) is 4.31 Å². The van der Waals surface area contributed by atoms with Gasteiger partial charge in [-0.15, -0.1) is 0 Å². The molecule has 0 saturated carbocycles. The Morgan fingerprint density at radius 3 is 2.31 bits per heavy atom. The number of sulfonamides is 1. The molecule has 0 aromatic heterocycles. The van der Waals surface area contributed by atoms with E-state index in [0.717, 1.165) is 4.31 Å². The van der Waals surface area contributed by atoms with Crippen molar-refractivity contribution >= 4 is 10.0 Å². The largest absolute Gasteiger partial charge is 0.479 e. The van der Waals surface area contributed by atoms with Crippen LogP contribution in [0.25, 0.3) is 0 Å². The topological polar surface area (TPSA) is 70.4 Å². The van der Waals surface area contributed by atoms with Gasteiger partial charge in [0.05, 0.1) is 4.90 Å². The van der Waals surface area contributed by atoms with Crippen LogP contribution >= 0.6 is 0 Å². The van der Waals surface area contributed by atoms with Crippen molar-refractivity contribution in [2.45, 2.75) is 4.90 Å². The molecule has 0 heterocycles. The van der Waals surface area contributed by atoms with E-state index in [9.17, 15) is 8.42 Å². The maximum atomic E-state index is 11.7. The van der Waals surface area contributed by atoms with Gasteiger partial charge in [-0.1, -0.05) is 0 Å². The normalized spacial score (nSPS) is 11.1. The van der Waals surface area contributed by atoms with Crippen LogP contribution in [0.4, 0.5) is 0 Å². The van der Waals surface area contributed by atoms with Crippen LogP contribution in [0.3, 0.4) is 0 Å². The second-order valence-electron chi connectivity index (χ2n) is 3.21. The average molecular weight is 240 g/mol. The van der Waals surface area contributed by atoms with Crippen molar-refractivity contribution in [3.05, 3.63) is 24.3 Å². The smallest absolute Gasteiger partial charge is 0.242 e. The minimum atomic E-state index is -3.40. The number of hydrogen-bond donors (Lipinski definition) is 0. The van der Waals surface area contributed by atoms with Crippen molar-refractivity contribution in [3.63, 3.8) is 0 Å². The SMILES string of the molecule is CN(C)S(=O)(=O)c1ccc(OCC#N)cc1. The number of rotatable bonds is 4. The molecule has 5 nitrogen and oxygen atoms in total. The first kappa shape index (κ1) is 12.5. The molecule has 0 radical (unpaired) electrons. The van der Waals surface area contributed by atoms with Crippen LogP contribution in [0, 0.1) is 11.3 Å². The first-order valence-corrected chi connectivity index (χ1v) is 5.95. The fourth-order valence-electron chi connectivity index (χ4n) is 1.03. The molecule has 0 aliphatic heterocycles. The first-order valence-electron chi connectivity index (χ1n) is 4.51. The molecule has 16 heavy (non-hydrogen) atoms. The Morgan fingerprint density at radius 1 is 1.31 bits per heavy atom. The molecule has 0 amide bonds. The monoisotopic (exact) mass is 240 g/mol. The van der Waals surface area contributed by atoms with Crippen LogP contribution < -0.4 is 4.74 Å². The molecule has 1 rings (SSSR count). The van der Waals surface area contributed by atoms with Crippen LogP contribution in [0.1, 0.15) is 0 Å². The Kier molecular flexibility index (Phi) is 3.88. The predicted molar refractivity (Wildman–Crippen MR) is 58.4 cm³/mol. The Labute approximate surface area is 94.9 Å². The minimum Gasteiger partial charge on any atom is -0.479 e. The fraction of sp³-hybridized carbons (Fsp3) is 0.300. The van der Waals surface area contributed by atoms with Gasteiger partial charge in [-0.25, -0.2) is 12.7 Å². The maximum Gasteiger partial charge on any atom is 0.242 e. The first-order chi connectivity index (χ1) is 7.48. The molecular weight excluding hydrogens is 228 g/mol. The molecule has 1 aromatic carbocycles. The molecule has 0 bridgehead atoms. The summed E-state index contributed by atoms with van der Waals surface area (Å²) in [6.07, 6.45) is 0. The number of hydrogen-bond acceptors (Lipinski definition) is 4. The highest BCUT2D eigenvalue weighted by Crippen LogP contribution is 2.17. The van der Waals surface area contributed by atoms with E-state index in [-0.39, 0.29) is 11.5 Å². The third kappa shape index (κ3) is 2.72. The highest BCUT2D eigenvalue weighted by Gasteiger charge is 2.16. The molecule has 86 valence electrons. The summed E-state index contributed by atoms with van der Waals surface area (Å²) in [4.78, 5) is 0.196. The summed E-state index contributed by atoms with van der Waals surface area (Å²) in [6.45, 7) is -0.0558. The molecule has 0 spiro atoms. The molecule has 0 unspecified atom stereocenters. The van der Waals surface area contributed by atoms with E-state index in [1.54, 1.807) is 0 Å². The van der Waals surface area contributed by atoms with Crippen LogP contribution in [0.5, 0.6) is 5.75 Å². The quantitative estimate of drug-likeness (QED) is 0.782. The summed E-state index contributed by atoms with van der Waals surface area (Å²) in [5.41, 5.74) is 0. The zero-order chi connectivity index (χ0) is 12.2. The van der Waals surface area contributed by atoms with E-state index in [1.807, 2.05) is 6.07 Å². The van der Waals surface area contributed by atoms with Gasteiger partial charge in [-0.2, -0.15) is 5.26 Å². The summed E-state index contributed by atoms with van der Waals surface area (Å²) in [7, 11) is -0.466. The predicted octanol–water partition coefficient (Wildman–Crippen LogP) is 0.839. The van der Waals surface area contributed by atoms with Crippen LogP contribution in [0.15, 0.2) is 29.2 Å². The summed E-state index contributed by atoms with van der Waals surface area (Å²) in [5.74, 6) is 0.472. The third-order valence-electron chi connectivity index (χ3n) is 1.91. The third-order valence-corrected chi connectivity index (χ3v) is 3.74. The second kappa shape index (κ2) is 4.96. The lowest BCUT2D eigenvalue weighted by Gasteiger charge is -2.11. The van der Waals surface area contributed by atoms with Crippen molar-refractivity contribution < 1.29 is 13.2 Å². The minimum absolute atomic E-state index is 0.0558. The number of ether oxygens (including phenoxy) is 1. The zero-order valence-electron chi connectivity index (χ0n) is 9.04. The Bertz CT molecular complexity index is 486. The molecule has 0 saturated heterocycles. The van der Waals surface area contributed by atoms with Crippen LogP contribution in [0.2, 0.25) is 0 Å². The Hall–Kier alpha value is -1.58. The molecule has 0 N–H and O–H groups in total. The molecule has 1 aromatic rings. The van der Waals surface area contributed by atoms with Gasteiger partial charge in [0.15, 0.2) is 6.61 Å². The van der Waals surface area contributed by atoms with Gasteiger partial charge in [-0.05, 0) is 24.3 Å². The highest BCUT2D eigenvalue weighted by atomic mass is 32.2. The average Bonchev–Trinajstić information content (AvgIpc) is 2.26. The summed E-state index contributed by atoms with van der Waals surface area (Å²) in [5, 5.41) is 8.31. The van der Waals surface area contributed by atoms with Gasteiger partial charge in [0, 0.05) is 14.1 Å². The van der Waals surface area contributed by atoms with Gasteiger partial charge < -0.3 is 4.74 Å². The Balaban J connectivity index is 2.92. The molecule has 0 atom stereocenters. The second-order valence-corrected chi connectivity index (χ2v) is 5.36. The Morgan fingerprint density at radius 2 is 1.88 bits per heavy atom. The van der Waals surface area contributed by atoms with Gasteiger partial charge in [0.1, 0.15) is 11.8 Å². The fourth-order valence-corrected chi connectivity index (χ4v) is 1.94. The highest BCUT2D eigenvalue weighted by molar-refractivity contribution is 7.89. The van der Waals surface area contributed by atoms with Crippen molar-refractivity contribution in [2.75, 3.05) is 20.7 Å².